The number of aromatic nitrogens is 2. The molecule has 0 saturated carbocycles. The Labute approximate surface area is 135 Å². The monoisotopic (exact) mass is 317 g/mol. The predicted molar refractivity (Wildman–Crippen MR) is 88.0 cm³/mol. The van der Waals surface area contributed by atoms with Crippen molar-refractivity contribution in [2.24, 2.45) is 0 Å². The molecule has 1 unspecified atom stereocenters. The molecule has 1 fully saturated rings. The van der Waals surface area contributed by atoms with Crippen LogP contribution in [0.3, 0.4) is 0 Å². The quantitative estimate of drug-likeness (QED) is 0.866. The first-order valence-corrected chi connectivity index (χ1v) is 9.22. The van der Waals surface area contributed by atoms with Gasteiger partial charge in [0.2, 0.25) is 0 Å². The van der Waals surface area contributed by atoms with Crippen LogP contribution in [0.15, 0.2) is 16.8 Å². The van der Waals surface area contributed by atoms with Crippen LogP contribution in [0.5, 0.6) is 0 Å². The van der Waals surface area contributed by atoms with Gasteiger partial charge in [-0.25, -0.2) is 0 Å². The largest absolute Gasteiger partial charge is 0.376 e. The second-order valence-corrected chi connectivity index (χ2v) is 6.97. The standard InChI is InChI=1S/C17H23N3OS/c1-2-20-15-5-8-21-11-14(15)17(18-20)16-4-3-7-19(16)10-13-6-9-22-12-13/h6,9,12,16H,2-5,7-8,10-11H2,1H3. The van der Waals surface area contributed by atoms with Crippen LogP contribution < -0.4 is 0 Å². The molecule has 0 bridgehead atoms. The van der Waals surface area contributed by atoms with Crippen molar-refractivity contribution in [1.82, 2.24) is 14.7 Å². The number of ether oxygens (including phenoxy) is 1. The molecule has 22 heavy (non-hydrogen) atoms. The lowest BCUT2D eigenvalue weighted by Crippen LogP contribution is -2.24. The molecule has 0 aromatic carbocycles. The van der Waals surface area contributed by atoms with E-state index in [1.165, 1.54) is 41.9 Å². The Morgan fingerprint density at radius 3 is 3.23 bits per heavy atom. The summed E-state index contributed by atoms with van der Waals surface area (Å²) in [7, 11) is 0. The number of hydrogen-bond donors (Lipinski definition) is 0. The lowest BCUT2D eigenvalue weighted by atomic mass is 10.0. The maximum Gasteiger partial charge on any atom is 0.0854 e. The van der Waals surface area contributed by atoms with Crippen LogP contribution in [0, 0.1) is 0 Å². The van der Waals surface area contributed by atoms with Gasteiger partial charge in [0, 0.05) is 30.8 Å². The molecule has 118 valence electrons. The van der Waals surface area contributed by atoms with Crippen LogP contribution in [0.1, 0.15) is 48.3 Å². The summed E-state index contributed by atoms with van der Waals surface area (Å²) in [6.45, 7) is 6.94. The van der Waals surface area contributed by atoms with Crippen LogP contribution in [-0.4, -0.2) is 27.8 Å². The molecule has 2 aliphatic rings. The SMILES string of the molecule is CCn1nc(C2CCCN2Cc2ccsc2)c2c1CCOC2. The molecule has 0 amide bonds. The summed E-state index contributed by atoms with van der Waals surface area (Å²) >= 11 is 1.78. The van der Waals surface area contributed by atoms with E-state index in [0.717, 1.165) is 32.7 Å². The number of thiophene rings is 1. The molecule has 0 spiro atoms. The summed E-state index contributed by atoms with van der Waals surface area (Å²) in [5.74, 6) is 0. The minimum atomic E-state index is 0.461. The number of hydrogen-bond acceptors (Lipinski definition) is 4. The molecule has 0 N–H and O–H groups in total. The Hall–Kier alpha value is -1.17. The molecular weight excluding hydrogens is 294 g/mol. The van der Waals surface area contributed by atoms with Crippen molar-refractivity contribution in [2.45, 2.75) is 51.9 Å². The first kappa shape index (κ1) is 14.4. The van der Waals surface area contributed by atoms with E-state index in [-0.39, 0.29) is 0 Å². The van der Waals surface area contributed by atoms with Crippen molar-refractivity contribution in [3.8, 4) is 0 Å². The minimum Gasteiger partial charge on any atom is -0.376 e. The van der Waals surface area contributed by atoms with Crippen LogP contribution in [-0.2, 0) is 30.9 Å². The van der Waals surface area contributed by atoms with E-state index in [0.29, 0.717) is 6.04 Å². The lowest BCUT2D eigenvalue weighted by molar-refractivity contribution is 0.107. The number of fused-ring (bicyclic) bond motifs is 1. The van der Waals surface area contributed by atoms with Gasteiger partial charge >= 0.3 is 0 Å². The highest BCUT2D eigenvalue weighted by atomic mass is 32.1. The van der Waals surface area contributed by atoms with Crippen LogP contribution in [0.25, 0.3) is 0 Å². The molecule has 2 aromatic rings. The van der Waals surface area contributed by atoms with Gasteiger partial charge in [-0.1, -0.05) is 0 Å². The van der Waals surface area contributed by atoms with E-state index < -0.39 is 0 Å². The highest BCUT2D eigenvalue weighted by molar-refractivity contribution is 7.07. The molecule has 0 radical (unpaired) electrons. The Kier molecular flexibility index (Phi) is 4.03. The smallest absolute Gasteiger partial charge is 0.0854 e. The Bertz CT molecular complexity index is 635. The average molecular weight is 317 g/mol. The zero-order valence-corrected chi connectivity index (χ0v) is 13.9. The molecule has 2 aliphatic heterocycles. The van der Waals surface area contributed by atoms with Crippen molar-refractivity contribution in [2.75, 3.05) is 13.2 Å². The average Bonchev–Trinajstić information content (AvgIpc) is 3.27. The third-order valence-electron chi connectivity index (χ3n) is 4.87. The van der Waals surface area contributed by atoms with Crippen LogP contribution >= 0.6 is 11.3 Å². The van der Waals surface area contributed by atoms with Crippen molar-refractivity contribution in [3.05, 3.63) is 39.3 Å². The Morgan fingerprint density at radius 1 is 1.45 bits per heavy atom. The molecule has 4 nitrogen and oxygen atoms in total. The second-order valence-electron chi connectivity index (χ2n) is 6.19. The zero-order valence-electron chi connectivity index (χ0n) is 13.1. The molecule has 0 aliphatic carbocycles. The summed E-state index contributed by atoms with van der Waals surface area (Å²) < 4.78 is 7.93. The normalized spacial score (nSPS) is 22.1. The first-order valence-electron chi connectivity index (χ1n) is 8.28. The number of nitrogens with zero attached hydrogens (tertiary/aromatic N) is 3. The maximum atomic E-state index is 5.72. The van der Waals surface area contributed by atoms with Crippen LogP contribution in [0.4, 0.5) is 0 Å². The van der Waals surface area contributed by atoms with Gasteiger partial charge in [0.1, 0.15) is 0 Å². The molecule has 1 saturated heterocycles. The number of aryl methyl sites for hydroxylation is 1. The van der Waals surface area contributed by atoms with Gasteiger partial charge in [0.05, 0.1) is 24.9 Å². The fourth-order valence-electron chi connectivity index (χ4n) is 3.81. The maximum absolute atomic E-state index is 5.72. The third kappa shape index (κ3) is 2.51. The number of likely N-dealkylation sites (tertiary alicyclic amines) is 1. The van der Waals surface area contributed by atoms with Crippen molar-refractivity contribution >= 4 is 11.3 Å². The van der Waals surface area contributed by atoms with Gasteiger partial charge in [-0.05, 0) is 48.7 Å². The van der Waals surface area contributed by atoms with E-state index in [1.807, 2.05) is 0 Å². The van der Waals surface area contributed by atoms with E-state index in [2.05, 4.69) is 33.3 Å². The zero-order chi connectivity index (χ0) is 14.9. The van der Waals surface area contributed by atoms with Gasteiger partial charge in [-0.15, -0.1) is 0 Å². The summed E-state index contributed by atoms with van der Waals surface area (Å²) in [5.41, 5.74) is 5.49. The van der Waals surface area contributed by atoms with Gasteiger partial charge in [0.15, 0.2) is 0 Å². The van der Waals surface area contributed by atoms with Gasteiger partial charge < -0.3 is 4.74 Å². The van der Waals surface area contributed by atoms with E-state index in [9.17, 15) is 0 Å². The van der Waals surface area contributed by atoms with Gasteiger partial charge in [-0.2, -0.15) is 16.4 Å². The van der Waals surface area contributed by atoms with E-state index in [4.69, 9.17) is 9.84 Å². The molecule has 4 heterocycles. The Balaban J connectivity index is 1.64. The highest BCUT2D eigenvalue weighted by Gasteiger charge is 2.32. The molecular formula is C17H23N3OS. The van der Waals surface area contributed by atoms with Gasteiger partial charge in [-0.3, -0.25) is 9.58 Å². The van der Waals surface area contributed by atoms with E-state index in [1.54, 1.807) is 11.3 Å². The Morgan fingerprint density at radius 2 is 2.41 bits per heavy atom. The van der Waals surface area contributed by atoms with E-state index >= 15 is 0 Å². The molecule has 4 rings (SSSR count). The van der Waals surface area contributed by atoms with Crippen molar-refractivity contribution in [1.29, 1.82) is 0 Å². The van der Waals surface area contributed by atoms with Crippen molar-refractivity contribution in [3.63, 3.8) is 0 Å². The molecule has 2 aromatic heterocycles. The number of rotatable bonds is 4. The summed E-state index contributed by atoms with van der Waals surface area (Å²) in [6.07, 6.45) is 3.49. The summed E-state index contributed by atoms with van der Waals surface area (Å²) in [5, 5.41) is 9.40. The fourth-order valence-corrected chi connectivity index (χ4v) is 4.47. The summed E-state index contributed by atoms with van der Waals surface area (Å²) in [4.78, 5) is 2.60. The van der Waals surface area contributed by atoms with Gasteiger partial charge in [0.25, 0.3) is 0 Å². The highest BCUT2D eigenvalue weighted by Crippen LogP contribution is 2.36. The first-order chi connectivity index (χ1) is 10.9. The molecule has 5 heteroatoms. The van der Waals surface area contributed by atoms with Crippen LogP contribution in [0.2, 0.25) is 0 Å². The van der Waals surface area contributed by atoms with Crippen molar-refractivity contribution < 1.29 is 4.74 Å². The summed E-state index contributed by atoms with van der Waals surface area (Å²) in [6, 6.07) is 2.70. The topological polar surface area (TPSA) is 30.3 Å². The molecule has 1 atom stereocenters. The third-order valence-corrected chi connectivity index (χ3v) is 5.60. The lowest BCUT2D eigenvalue weighted by Gasteiger charge is -2.24. The predicted octanol–water partition coefficient (Wildman–Crippen LogP) is 3.37. The fraction of sp³-hybridized carbons (Fsp3) is 0.588. The minimum absolute atomic E-state index is 0.461. The second kappa shape index (κ2) is 6.14.